The third-order valence-corrected chi connectivity index (χ3v) is 5.68. The van der Waals surface area contributed by atoms with E-state index in [-0.39, 0.29) is 17.0 Å². The van der Waals surface area contributed by atoms with E-state index in [1.165, 1.54) is 12.0 Å². The second-order valence-electron chi connectivity index (χ2n) is 7.61. The van der Waals surface area contributed by atoms with Crippen molar-refractivity contribution < 1.29 is 27.4 Å². The molecule has 1 spiro atoms. The van der Waals surface area contributed by atoms with Gasteiger partial charge < -0.3 is 14.7 Å². The number of methoxy groups -OCH3 is 1. The molecule has 4 rings (SSSR count). The Labute approximate surface area is 159 Å². The van der Waals surface area contributed by atoms with Gasteiger partial charge in [0, 0.05) is 42.5 Å². The lowest BCUT2D eigenvalue weighted by Gasteiger charge is -2.61. The van der Waals surface area contributed by atoms with Gasteiger partial charge in [-0.3, -0.25) is 4.98 Å². The largest absolute Gasteiger partial charge is 0.496 e. The van der Waals surface area contributed by atoms with Crippen molar-refractivity contribution in [1.29, 1.82) is 0 Å². The van der Waals surface area contributed by atoms with E-state index in [4.69, 9.17) is 4.74 Å². The maximum atomic E-state index is 13.5. The van der Waals surface area contributed by atoms with Crippen molar-refractivity contribution in [3.05, 3.63) is 47.8 Å². The number of rotatable bonds is 4. The van der Waals surface area contributed by atoms with Crippen LogP contribution in [-0.2, 0) is 6.18 Å². The summed E-state index contributed by atoms with van der Waals surface area (Å²) >= 11 is 0. The predicted molar refractivity (Wildman–Crippen MR) is 92.3 cm³/mol. The van der Waals surface area contributed by atoms with Gasteiger partial charge in [-0.25, -0.2) is 9.37 Å². The summed E-state index contributed by atoms with van der Waals surface area (Å²) in [5.74, 6) is -0.262. The van der Waals surface area contributed by atoms with E-state index in [9.17, 15) is 22.7 Å². The van der Waals surface area contributed by atoms with E-state index in [0.29, 0.717) is 43.4 Å². The van der Waals surface area contributed by atoms with Crippen LogP contribution in [-0.4, -0.2) is 35.3 Å². The molecule has 150 valence electrons. The molecule has 1 atom stereocenters. The summed E-state index contributed by atoms with van der Waals surface area (Å²) in [5.41, 5.74) is -0.846. The van der Waals surface area contributed by atoms with Gasteiger partial charge in [-0.15, -0.1) is 0 Å². The van der Waals surface area contributed by atoms with Crippen molar-refractivity contribution in [1.82, 2.24) is 9.97 Å². The van der Waals surface area contributed by atoms with Crippen LogP contribution in [0.2, 0.25) is 0 Å². The summed E-state index contributed by atoms with van der Waals surface area (Å²) in [6.07, 6.45) is -0.313. The Hall–Kier alpha value is -2.42. The van der Waals surface area contributed by atoms with Crippen LogP contribution in [0.15, 0.2) is 30.7 Å². The van der Waals surface area contributed by atoms with Crippen molar-refractivity contribution in [2.24, 2.45) is 11.3 Å². The summed E-state index contributed by atoms with van der Waals surface area (Å²) in [7, 11) is 1.52. The normalized spacial score (nSPS) is 19.9. The quantitative estimate of drug-likeness (QED) is 0.799. The Balaban J connectivity index is 1.43. The summed E-state index contributed by atoms with van der Waals surface area (Å²) in [6.45, 7) is 0.767. The van der Waals surface area contributed by atoms with Gasteiger partial charge in [-0.1, -0.05) is 0 Å². The van der Waals surface area contributed by atoms with Crippen LogP contribution in [0.4, 0.5) is 23.2 Å². The molecule has 1 N–H and O–H groups in total. The second kappa shape index (κ2) is 6.58. The van der Waals surface area contributed by atoms with E-state index in [2.05, 4.69) is 9.97 Å². The smallest absolute Gasteiger partial charge is 0.435 e. The number of aliphatic hydroxyl groups excluding tert-OH is 1. The van der Waals surface area contributed by atoms with Crippen LogP contribution in [0, 0.1) is 17.2 Å². The van der Waals surface area contributed by atoms with E-state index >= 15 is 0 Å². The van der Waals surface area contributed by atoms with Gasteiger partial charge in [-0.2, -0.15) is 13.2 Å². The highest BCUT2D eigenvalue weighted by molar-refractivity contribution is 5.55. The number of hydrogen-bond acceptors (Lipinski definition) is 5. The molecule has 2 aromatic heterocycles. The predicted octanol–water partition coefficient (Wildman–Crippen LogP) is 3.59. The Morgan fingerprint density at radius 2 is 2.00 bits per heavy atom. The molecule has 0 bridgehead atoms. The Bertz CT molecular complexity index is 876. The molecule has 2 fully saturated rings. The minimum Gasteiger partial charge on any atom is -0.496 e. The first kappa shape index (κ1) is 18.9. The zero-order valence-electron chi connectivity index (χ0n) is 15.1. The molecule has 1 aliphatic carbocycles. The van der Waals surface area contributed by atoms with Gasteiger partial charge >= 0.3 is 6.18 Å². The van der Waals surface area contributed by atoms with Crippen molar-refractivity contribution >= 4 is 5.69 Å². The minimum absolute atomic E-state index is 0.0204. The number of aromatic nitrogens is 2. The van der Waals surface area contributed by atoms with E-state index in [1.807, 2.05) is 0 Å². The lowest BCUT2D eigenvalue weighted by Crippen LogP contribution is -2.63. The number of alkyl halides is 3. The van der Waals surface area contributed by atoms with E-state index < -0.39 is 23.8 Å². The molecule has 28 heavy (non-hydrogen) atoms. The van der Waals surface area contributed by atoms with Gasteiger partial charge in [0.25, 0.3) is 0 Å². The summed E-state index contributed by atoms with van der Waals surface area (Å²) in [5, 5.41) is 10.6. The Morgan fingerprint density at radius 1 is 1.29 bits per heavy atom. The molecule has 3 heterocycles. The molecule has 2 aromatic rings. The number of anilines is 1. The molecule has 0 aromatic carbocycles. The highest BCUT2D eigenvalue weighted by Crippen LogP contribution is 2.57. The highest BCUT2D eigenvalue weighted by Gasteiger charge is 2.55. The fourth-order valence-electron chi connectivity index (χ4n) is 4.41. The van der Waals surface area contributed by atoms with Gasteiger partial charge in [0.05, 0.1) is 25.1 Å². The van der Waals surface area contributed by atoms with Crippen LogP contribution in [0.3, 0.4) is 0 Å². The molecule has 0 amide bonds. The van der Waals surface area contributed by atoms with E-state index in [0.717, 1.165) is 6.07 Å². The van der Waals surface area contributed by atoms with Gasteiger partial charge in [0.15, 0.2) is 5.69 Å². The third kappa shape index (κ3) is 3.17. The number of aliphatic hydroxyl groups is 1. The van der Waals surface area contributed by atoms with Crippen LogP contribution >= 0.6 is 0 Å². The van der Waals surface area contributed by atoms with Crippen LogP contribution < -0.4 is 9.64 Å². The lowest BCUT2D eigenvalue weighted by molar-refractivity contribution is -0.141. The lowest BCUT2D eigenvalue weighted by atomic mass is 9.55. The molecule has 2 aliphatic rings. The van der Waals surface area contributed by atoms with Crippen molar-refractivity contribution in [3.63, 3.8) is 0 Å². The molecule has 1 saturated heterocycles. The monoisotopic (exact) mass is 397 g/mol. The first-order chi connectivity index (χ1) is 13.2. The van der Waals surface area contributed by atoms with Crippen molar-refractivity contribution in [2.75, 3.05) is 25.1 Å². The summed E-state index contributed by atoms with van der Waals surface area (Å²) in [4.78, 5) is 8.77. The van der Waals surface area contributed by atoms with Gasteiger partial charge in [-0.05, 0) is 24.8 Å². The topological polar surface area (TPSA) is 58.5 Å². The Morgan fingerprint density at radius 3 is 2.64 bits per heavy atom. The first-order valence-electron chi connectivity index (χ1n) is 8.86. The SMILES string of the molecule is COc1ccncc1C(O)C1CC2(C1)CN(c1cc(F)cnc1C(F)(F)F)C2. The number of ether oxygens (including phenoxy) is 1. The van der Waals surface area contributed by atoms with Crippen LogP contribution in [0.25, 0.3) is 0 Å². The fraction of sp³-hybridized carbons (Fsp3) is 0.474. The number of halogens is 4. The minimum atomic E-state index is -4.64. The molecule has 1 unspecified atom stereocenters. The maximum Gasteiger partial charge on any atom is 0.435 e. The van der Waals surface area contributed by atoms with Crippen LogP contribution in [0.5, 0.6) is 5.75 Å². The molecule has 0 radical (unpaired) electrons. The average molecular weight is 397 g/mol. The molecule has 9 heteroatoms. The highest BCUT2D eigenvalue weighted by atomic mass is 19.4. The number of pyridine rings is 2. The fourth-order valence-corrected chi connectivity index (χ4v) is 4.41. The number of hydrogen-bond donors (Lipinski definition) is 1. The maximum absolute atomic E-state index is 13.5. The van der Waals surface area contributed by atoms with Crippen LogP contribution in [0.1, 0.15) is 30.2 Å². The average Bonchev–Trinajstić information content (AvgIpc) is 2.58. The Kier molecular flexibility index (Phi) is 4.45. The molecular weight excluding hydrogens is 378 g/mol. The zero-order chi connectivity index (χ0) is 20.1. The van der Waals surface area contributed by atoms with E-state index in [1.54, 1.807) is 18.5 Å². The summed E-state index contributed by atoms with van der Waals surface area (Å²) in [6, 6.07) is 2.56. The third-order valence-electron chi connectivity index (χ3n) is 5.68. The zero-order valence-corrected chi connectivity index (χ0v) is 15.1. The van der Waals surface area contributed by atoms with Gasteiger partial charge in [0.2, 0.25) is 0 Å². The molecule has 1 aliphatic heterocycles. The van der Waals surface area contributed by atoms with Crippen molar-refractivity contribution in [3.8, 4) is 5.75 Å². The van der Waals surface area contributed by atoms with Gasteiger partial charge in [0.1, 0.15) is 11.6 Å². The second-order valence-corrected chi connectivity index (χ2v) is 7.61. The molecule has 5 nitrogen and oxygen atoms in total. The molecule has 1 saturated carbocycles. The summed E-state index contributed by atoms with van der Waals surface area (Å²) < 4.78 is 58.2. The molecular formula is C19H19F4N3O2. The standard InChI is InChI=1S/C19H19F4N3O2/c1-28-15-2-3-24-8-13(15)16(27)11-5-18(6-11)9-26(10-18)14-4-12(20)7-25-17(14)19(21,22)23/h2-4,7-8,11,16,27H,5-6,9-10H2,1H3. The van der Waals surface area contributed by atoms with Crippen molar-refractivity contribution in [2.45, 2.75) is 25.1 Å². The first-order valence-corrected chi connectivity index (χ1v) is 8.86. The number of nitrogens with zero attached hydrogens (tertiary/aromatic N) is 3.